The van der Waals surface area contributed by atoms with Crippen LogP contribution in [0.25, 0.3) is 5.69 Å². The second-order valence-electron chi connectivity index (χ2n) is 6.06. The summed E-state index contributed by atoms with van der Waals surface area (Å²) in [7, 11) is 0. The lowest BCUT2D eigenvalue weighted by molar-refractivity contribution is 0.626. The lowest BCUT2D eigenvalue weighted by atomic mass is 10.2. The zero-order chi connectivity index (χ0) is 18.1. The van der Waals surface area contributed by atoms with Crippen molar-refractivity contribution in [2.24, 2.45) is 0 Å². The number of rotatable bonds is 4. The summed E-state index contributed by atoms with van der Waals surface area (Å²) < 4.78 is 15.0. The summed E-state index contributed by atoms with van der Waals surface area (Å²) in [6, 6.07) is 16.1. The van der Waals surface area contributed by atoms with Gasteiger partial charge >= 0.3 is 0 Å². The standard InChI is InChI=1S/C20H17FN2OS2/c1-13(14-5-3-2-4-6-14)26-20-22-17-11-12-25-18(17)19(24)23(20)16-9-7-15(21)8-10-16/h2-10,13H,11-12H2,1H3. The summed E-state index contributed by atoms with van der Waals surface area (Å²) in [6.45, 7) is 2.10. The lowest BCUT2D eigenvalue weighted by Gasteiger charge is -2.17. The summed E-state index contributed by atoms with van der Waals surface area (Å²) in [5.41, 5.74) is 2.63. The Hall–Kier alpha value is -2.05. The second kappa shape index (κ2) is 7.29. The zero-order valence-corrected chi connectivity index (χ0v) is 15.8. The first-order valence-corrected chi connectivity index (χ1v) is 10.3. The van der Waals surface area contributed by atoms with Gasteiger partial charge in [-0.1, -0.05) is 42.1 Å². The van der Waals surface area contributed by atoms with Crippen molar-refractivity contribution in [3.63, 3.8) is 0 Å². The largest absolute Gasteiger partial charge is 0.272 e. The molecule has 1 unspecified atom stereocenters. The van der Waals surface area contributed by atoms with Gasteiger partial charge in [0, 0.05) is 17.4 Å². The van der Waals surface area contributed by atoms with E-state index in [1.54, 1.807) is 40.2 Å². The molecule has 1 aliphatic rings. The summed E-state index contributed by atoms with van der Waals surface area (Å²) >= 11 is 3.10. The predicted octanol–water partition coefficient (Wildman–Crippen LogP) is 4.87. The SMILES string of the molecule is CC(Sc1nc2c(c(=O)n1-c1ccc(F)cc1)SCC2)c1ccccc1. The third kappa shape index (κ3) is 3.31. The number of aryl methyl sites for hydroxylation is 1. The fourth-order valence-electron chi connectivity index (χ4n) is 2.94. The molecule has 3 nitrogen and oxygen atoms in total. The van der Waals surface area contributed by atoms with Crippen LogP contribution in [0.3, 0.4) is 0 Å². The van der Waals surface area contributed by atoms with Crippen molar-refractivity contribution in [1.29, 1.82) is 0 Å². The maximum absolute atomic E-state index is 13.3. The molecule has 1 aliphatic heterocycles. The van der Waals surface area contributed by atoms with Gasteiger partial charge in [-0.25, -0.2) is 9.37 Å². The van der Waals surface area contributed by atoms with E-state index in [2.05, 4.69) is 19.1 Å². The number of aromatic nitrogens is 2. The number of nitrogens with zero attached hydrogens (tertiary/aromatic N) is 2. The van der Waals surface area contributed by atoms with Gasteiger partial charge in [-0.15, -0.1) is 11.8 Å². The highest BCUT2D eigenvalue weighted by Gasteiger charge is 2.23. The minimum Gasteiger partial charge on any atom is -0.268 e. The molecule has 0 saturated heterocycles. The highest BCUT2D eigenvalue weighted by atomic mass is 32.2. The Bertz CT molecular complexity index is 987. The normalized spacial score (nSPS) is 14.2. The second-order valence-corrected chi connectivity index (χ2v) is 8.47. The van der Waals surface area contributed by atoms with Crippen LogP contribution in [-0.2, 0) is 6.42 Å². The van der Waals surface area contributed by atoms with Crippen LogP contribution in [0, 0.1) is 5.82 Å². The molecule has 2 heterocycles. The van der Waals surface area contributed by atoms with Gasteiger partial charge < -0.3 is 0 Å². The van der Waals surface area contributed by atoms with Crippen molar-refractivity contribution in [1.82, 2.24) is 9.55 Å². The Kier molecular flexibility index (Phi) is 4.87. The Balaban J connectivity index is 1.81. The van der Waals surface area contributed by atoms with Crippen LogP contribution in [0.5, 0.6) is 0 Å². The molecule has 26 heavy (non-hydrogen) atoms. The molecule has 0 fully saturated rings. The smallest absolute Gasteiger partial charge is 0.268 e. The van der Waals surface area contributed by atoms with E-state index >= 15 is 0 Å². The molecule has 3 aromatic rings. The minimum atomic E-state index is -0.322. The van der Waals surface area contributed by atoms with Crippen LogP contribution >= 0.6 is 23.5 Å². The molecular formula is C20H17FN2OS2. The van der Waals surface area contributed by atoms with Crippen molar-refractivity contribution < 1.29 is 4.39 Å². The van der Waals surface area contributed by atoms with Crippen LogP contribution in [0.2, 0.25) is 0 Å². The lowest BCUT2D eigenvalue weighted by Crippen LogP contribution is -2.24. The van der Waals surface area contributed by atoms with E-state index in [1.807, 2.05) is 18.2 Å². The Morgan fingerprint density at radius 3 is 2.62 bits per heavy atom. The van der Waals surface area contributed by atoms with E-state index in [9.17, 15) is 9.18 Å². The van der Waals surface area contributed by atoms with E-state index in [0.717, 1.165) is 17.9 Å². The quantitative estimate of drug-likeness (QED) is 0.475. The highest BCUT2D eigenvalue weighted by molar-refractivity contribution is 7.99. The Morgan fingerprint density at radius 2 is 1.88 bits per heavy atom. The number of fused-ring (bicyclic) bond motifs is 1. The molecule has 0 amide bonds. The zero-order valence-electron chi connectivity index (χ0n) is 14.2. The van der Waals surface area contributed by atoms with Crippen LogP contribution in [0.1, 0.15) is 23.4 Å². The summed E-state index contributed by atoms with van der Waals surface area (Å²) in [6.07, 6.45) is 0.812. The number of halogens is 1. The monoisotopic (exact) mass is 384 g/mol. The van der Waals surface area contributed by atoms with Crippen molar-refractivity contribution in [2.75, 3.05) is 5.75 Å². The molecular weight excluding hydrogens is 367 g/mol. The molecule has 0 saturated carbocycles. The topological polar surface area (TPSA) is 34.9 Å². The molecule has 1 atom stereocenters. The summed E-state index contributed by atoms with van der Waals surface area (Å²) in [5.74, 6) is 0.556. The first kappa shape index (κ1) is 17.4. The van der Waals surface area contributed by atoms with Gasteiger partial charge in [0.25, 0.3) is 5.56 Å². The van der Waals surface area contributed by atoms with E-state index in [1.165, 1.54) is 17.7 Å². The van der Waals surface area contributed by atoms with Crippen LogP contribution in [0.4, 0.5) is 4.39 Å². The van der Waals surface area contributed by atoms with Crippen molar-refractivity contribution >= 4 is 23.5 Å². The van der Waals surface area contributed by atoms with Gasteiger partial charge in [-0.3, -0.25) is 9.36 Å². The van der Waals surface area contributed by atoms with Crippen LogP contribution in [0.15, 0.2) is 69.4 Å². The van der Waals surface area contributed by atoms with Crippen molar-refractivity contribution in [2.45, 2.75) is 28.6 Å². The molecule has 0 N–H and O–H groups in total. The third-order valence-corrected chi connectivity index (χ3v) is 6.52. The molecule has 2 aromatic carbocycles. The number of hydrogen-bond acceptors (Lipinski definition) is 4. The summed E-state index contributed by atoms with van der Waals surface area (Å²) in [4.78, 5) is 18.6. The highest BCUT2D eigenvalue weighted by Crippen LogP contribution is 2.36. The Labute approximate surface area is 159 Å². The average molecular weight is 385 g/mol. The van der Waals surface area contributed by atoms with E-state index in [-0.39, 0.29) is 16.6 Å². The summed E-state index contributed by atoms with van der Waals surface area (Å²) in [5, 5.41) is 0.793. The molecule has 0 spiro atoms. The van der Waals surface area contributed by atoms with Crippen LogP contribution in [-0.4, -0.2) is 15.3 Å². The van der Waals surface area contributed by atoms with Crippen molar-refractivity contribution in [3.8, 4) is 5.69 Å². The van der Waals surface area contributed by atoms with E-state index in [4.69, 9.17) is 4.98 Å². The first-order chi connectivity index (χ1) is 12.6. The number of hydrogen-bond donors (Lipinski definition) is 0. The third-order valence-electron chi connectivity index (χ3n) is 4.30. The molecule has 1 aromatic heterocycles. The minimum absolute atomic E-state index is 0.0631. The fraction of sp³-hybridized carbons (Fsp3) is 0.200. The maximum atomic E-state index is 13.3. The van der Waals surface area contributed by atoms with Gasteiger partial charge in [-0.05, 0) is 36.8 Å². The molecule has 6 heteroatoms. The maximum Gasteiger partial charge on any atom is 0.272 e. The molecule has 0 bridgehead atoms. The molecule has 4 rings (SSSR count). The predicted molar refractivity (Wildman–Crippen MR) is 105 cm³/mol. The van der Waals surface area contributed by atoms with Gasteiger partial charge in [0.2, 0.25) is 0 Å². The van der Waals surface area contributed by atoms with E-state index in [0.29, 0.717) is 15.7 Å². The molecule has 0 aliphatic carbocycles. The van der Waals surface area contributed by atoms with Gasteiger partial charge in [0.15, 0.2) is 5.16 Å². The van der Waals surface area contributed by atoms with Crippen molar-refractivity contribution in [3.05, 3.63) is 82.0 Å². The van der Waals surface area contributed by atoms with E-state index < -0.39 is 0 Å². The van der Waals surface area contributed by atoms with Gasteiger partial charge in [-0.2, -0.15) is 0 Å². The Morgan fingerprint density at radius 1 is 1.15 bits per heavy atom. The molecule has 132 valence electrons. The van der Waals surface area contributed by atoms with Gasteiger partial charge in [0.05, 0.1) is 16.3 Å². The van der Waals surface area contributed by atoms with Crippen LogP contribution < -0.4 is 5.56 Å². The number of benzene rings is 2. The fourth-order valence-corrected chi connectivity index (χ4v) is 5.03. The number of thioether (sulfide) groups is 2. The van der Waals surface area contributed by atoms with Gasteiger partial charge in [0.1, 0.15) is 5.82 Å². The molecule has 0 radical (unpaired) electrons. The average Bonchev–Trinajstić information content (AvgIpc) is 3.13. The first-order valence-electron chi connectivity index (χ1n) is 8.40.